The summed E-state index contributed by atoms with van der Waals surface area (Å²) >= 11 is 5.82. The summed E-state index contributed by atoms with van der Waals surface area (Å²) in [6.45, 7) is 0.995. The van der Waals surface area contributed by atoms with Gasteiger partial charge in [0.05, 0.1) is 18.2 Å². The monoisotopic (exact) mass is 307 g/mol. The summed E-state index contributed by atoms with van der Waals surface area (Å²) in [5, 5.41) is 7.49. The number of alkyl halides is 1. The average molecular weight is 308 g/mol. The van der Waals surface area contributed by atoms with Crippen LogP contribution in [0.1, 0.15) is 36.2 Å². The smallest absolute Gasteiger partial charge is 0.160 e. The number of sulfone groups is 1. The van der Waals surface area contributed by atoms with Crippen molar-refractivity contribution in [3.63, 3.8) is 0 Å². The highest BCUT2D eigenvalue weighted by atomic mass is 35.5. The molecule has 6 nitrogen and oxygen atoms in total. The van der Waals surface area contributed by atoms with Crippen molar-refractivity contribution in [1.82, 2.24) is 14.8 Å². The zero-order chi connectivity index (χ0) is 13.9. The zero-order valence-corrected chi connectivity index (χ0v) is 12.5. The SMILES string of the molecule is COCCn1c(CCl)nnc1C1CCCCS1(=O)=O. The highest BCUT2D eigenvalue weighted by Gasteiger charge is 2.34. The van der Waals surface area contributed by atoms with Gasteiger partial charge in [-0.25, -0.2) is 8.42 Å². The minimum Gasteiger partial charge on any atom is -0.383 e. The Morgan fingerprint density at radius 2 is 2.21 bits per heavy atom. The molecule has 1 fully saturated rings. The molecule has 0 bridgehead atoms. The zero-order valence-electron chi connectivity index (χ0n) is 10.9. The second kappa shape index (κ2) is 6.19. The third-order valence-corrected chi connectivity index (χ3v) is 5.77. The Kier molecular flexibility index (Phi) is 4.81. The average Bonchev–Trinajstić information content (AvgIpc) is 2.78. The van der Waals surface area contributed by atoms with Crippen molar-refractivity contribution in [1.29, 1.82) is 0 Å². The van der Waals surface area contributed by atoms with Crippen molar-refractivity contribution < 1.29 is 13.2 Å². The van der Waals surface area contributed by atoms with E-state index >= 15 is 0 Å². The molecule has 0 aliphatic carbocycles. The molecule has 1 atom stereocenters. The van der Waals surface area contributed by atoms with Crippen LogP contribution in [-0.4, -0.2) is 42.7 Å². The van der Waals surface area contributed by atoms with Gasteiger partial charge >= 0.3 is 0 Å². The second-order valence-corrected chi connectivity index (χ2v) is 7.17. The van der Waals surface area contributed by atoms with Gasteiger partial charge in [-0.15, -0.1) is 21.8 Å². The first-order chi connectivity index (χ1) is 9.10. The lowest BCUT2D eigenvalue weighted by atomic mass is 10.2. The second-order valence-electron chi connectivity index (χ2n) is 4.60. The summed E-state index contributed by atoms with van der Waals surface area (Å²) in [4.78, 5) is 0. The van der Waals surface area contributed by atoms with Gasteiger partial charge in [-0.05, 0) is 12.8 Å². The molecule has 8 heteroatoms. The van der Waals surface area contributed by atoms with Crippen LogP contribution in [-0.2, 0) is 27.0 Å². The van der Waals surface area contributed by atoms with Gasteiger partial charge in [-0.1, -0.05) is 6.42 Å². The molecular weight excluding hydrogens is 290 g/mol. The van der Waals surface area contributed by atoms with E-state index in [1.165, 1.54) is 0 Å². The number of rotatable bonds is 5. The summed E-state index contributed by atoms with van der Waals surface area (Å²) in [7, 11) is -1.53. The van der Waals surface area contributed by atoms with E-state index in [0.717, 1.165) is 12.8 Å². The van der Waals surface area contributed by atoms with Crippen molar-refractivity contribution in [2.75, 3.05) is 19.5 Å². The number of hydrogen-bond donors (Lipinski definition) is 0. The maximum atomic E-state index is 12.2. The molecule has 0 aromatic carbocycles. The Balaban J connectivity index is 2.35. The predicted octanol–water partition coefficient (Wildman–Crippen LogP) is 1.30. The van der Waals surface area contributed by atoms with E-state index in [1.807, 2.05) is 0 Å². The minimum absolute atomic E-state index is 0.212. The first kappa shape index (κ1) is 14.7. The number of methoxy groups -OCH3 is 1. The van der Waals surface area contributed by atoms with Crippen LogP contribution in [0.3, 0.4) is 0 Å². The Bertz CT molecular complexity index is 529. The molecular formula is C11H18ClN3O3S. The highest BCUT2D eigenvalue weighted by molar-refractivity contribution is 7.91. The number of aromatic nitrogens is 3. The van der Waals surface area contributed by atoms with Crippen LogP contribution < -0.4 is 0 Å². The van der Waals surface area contributed by atoms with Gasteiger partial charge in [0.2, 0.25) is 0 Å². The van der Waals surface area contributed by atoms with Crippen molar-refractivity contribution >= 4 is 21.4 Å². The molecule has 1 saturated heterocycles. The molecule has 1 aromatic heterocycles. The molecule has 1 aromatic rings. The van der Waals surface area contributed by atoms with Gasteiger partial charge in [0.25, 0.3) is 0 Å². The van der Waals surface area contributed by atoms with Crippen LogP contribution in [0.5, 0.6) is 0 Å². The Morgan fingerprint density at radius 3 is 2.84 bits per heavy atom. The fourth-order valence-corrected chi connectivity index (χ4v) is 4.47. The third kappa shape index (κ3) is 3.09. The summed E-state index contributed by atoms with van der Waals surface area (Å²) in [6.07, 6.45) is 2.24. The van der Waals surface area contributed by atoms with Crippen molar-refractivity contribution in [2.45, 2.75) is 36.9 Å². The van der Waals surface area contributed by atoms with Gasteiger partial charge in [0.1, 0.15) is 11.1 Å². The topological polar surface area (TPSA) is 74.1 Å². The first-order valence-electron chi connectivity index (χ1n) is 6.28. The molecule has 2 heterocycles. The van der Waals surface area contributed by atoms with Crippen molar-refractivity contribution in [3.05, 3.63) is 11.6 Å². The van der Waals surface area contributed by atoms with E-state index in [1.54, 1.807) is 11.7 Å². The van der Waals surface area contributed by atoms with E-state index in [4.69, 9.17) is 16.3 Å². The van der Waals surface area contributed by atoms with Crippen molar-refractivity contribution in [3.8, 4) is 0 Å². The van der Waals surface area contributed by atoms with Crippen LogP contribution in [0, 0.1) is 0 Å². The molecule has 1 aliphatic rings. The number of hydrogen-bond acceptors (Lipinski definition) is 5. The summed E-state index contributed by atoms with van der Waals surface area (Å²) in [6, 6.07) is 0. The molecule has 108 valence electrons. The number of ether oxygens (including phenoxy) is 1. The minimum atomic E-state index is -3.13. The quantitative estimate of drug-likeness (QED) is 0.767. The van der Waals surface area contributed by atoms with Gasteiger partial charge < -0.3 is 9.30 Å². The van der Waals surface area contributed by atoms with Crippen LogP contribution >= 0.6 is 11.6 Å². The maximum Gasteiger partial charge on any atom is 0.160 e. The summed E-state index contributed by atoms with van der Waals surface area (Å²) in [5.41, 5.74) is 0. The van der Waals surface area contributed by atoms with Crippen LogP contribution in [0.25, 0.3) is 0 Å². The largest absolute Gasteiger partial charge is 0.383 e. The lowest BCUT2D eigenvalue weighted by Crippen LogP contribution is -2.25. The highest BCUT2D eigenvalue weighted by Crippen LogP contribution is 2.32. The molecule has 0 spiro atoms. The van der Waals surface area contributed by atoms with E-state index in [2.05, 4.69) is 10.2 Å². The normalized spacial score (nSPS) is 22.5. The van der Waals surface area contributed by atoms with Gasteiger partial charge in [-0.3, -0.25) is 0 Å². The van der Waals surface area contributed by atoms with Crippen LogP contribution in [0.4, 0.5) is 0 Å². The van der Waals surface area contributed by atoms with E-state index in [-0.39, 0.29) is 11.6 Å². The van der Waals surface area contributed by atoms with Crippen LogP contribution in [0.15, 0.2) is 0 Å². The van der Waals surface area contributed by atoms with Gasteiger partial charge in [0.15, 0.2) is 15.7 Å². The molecule has 0 amide bonds. The number of nitrogens with zero attached hydrogens (tertiary/aromatic N) is 3. The lowest BCUT2D eigenvalue weighted by molar-refractivity contribution is 0.185. The molecule has 0 N–H and O–H groups in total. The standard InChI is InChI=1S/C11H18ClN3O3S/c1-18-6-5-15-10(8-12)13-14-11(15)9-4-2-3-7-19(9,16)17/h9H,2-8H2,1H3. The molecule has 2 rings (SSSR count). The maximum absolute atomic E-state index is 12.2. The first-order valence-corrected chi connectivity index (χ1v) is 8.53. The number of halogens is 1. The molecule has 0 saturated carbocycles. The molecule has 1 unspecified atom stereocenters. The molecule has 19 heavy (non-hydrogen) atoms. The Hall–Kier alpha value is -0.660. The fraction of sp³-hybridized carbons (Fsp3) is 0.818. The van der Waals surface area contributed by atoms with E-state index in [0.29, 0.717) is 31.2 Å². The lowest BCUT2D eigenvalue weighted by Gasteiger charge is -2.22. The van der Waals surface area contributed by atoms with E-state index in [9.17, 15) is 8.42 Å². The third-order valence-electron chi connectivity index (χ3n) is 3.36. The summed E-state index contributed by atoms with van der Waals surface area (Å²) < 4.78 is 31.1. The fourth-order valence-electron chi connectivity index (χ4n) is 2.36. The molecule has 1 aliphatic heterocycles. The van der Waals surface area contributed by atoms with Crippen molar-refractivity contribution in [2.24, 2.45) is 0 Å². The van der Waals surface area contributed by atoms with E-state index < -0.39 is 15.1 Å². The predicted molar refractivity (Wildman–Crippen MR) is 71.8 cm³/mol. The van der Waals surface area contributed by atoms with Gasteiger partial charge in [-0.2, -0.15) is 0 Å². The Labute approximate surface area is 118 Å². The molecule has 0 radical (unpaired) electrons. The Morgan fingerprint density at radius 1 is 1.42 bits per heavy atom. The summed E-state index contributed by atoms with van der Waals surface area (Å²) in [5.74, 6) is 1.54. The van der Waals surface area contributed by atoms with Crippen LogP contribution in [0.2, 0.25) is 0 Å². The van der Waals surface area contributed by atoms with Gasteiger partial charge in [0, 0.05) is 13.7 Å².